The summed E-state index contributed by atoms with van der Waals surface area (Å²) in [4.78, 5) is 55.8. The normalized spacial score (nSPS) is 19.1. The molecule has 1 saturated heterocycles. The number of allylic oxidation sites excluding steroid dienone is 2. The summed E-state index contributed by atoms with van der Waals surface area (Å²) in [5.41, 5.74) is 2.40. The molecular formula is C33H46N2O7. The molecule has 0 bridgehead atoms. The van der Waals surface area contributed by atoms with Crippen LogP contribution in [0, 0.1) is 16.7 Å². The average Bonchev–Trinajstić information content (AvgIpc) is 3.55. The monoisotopic (exact) mass is 582 g/mol. The molecule has 2 aliphatic rings. The van der Waals surface area contributed by atoms with Crippen molar-refractivity contribution < 1.29 is 33.4 Å². The molecule has 9 nitrogen and oxygen atoms in total. The first-order chi connectivity index (χ1) is 19.7. The van der Waals surface area contributed by atoms with E-state index < -0.39 is 41.5 Å². The Labute approximate surface area is 249 Å². The van der Waals surface area contributed by atoms with E-state index in [1.165, 1.54) is 12.0 Å². The Morgan fingerprint density at radius 1 is 1.07 bits per heavy atom. The Morgan fingerprint density at radius 3 is 2.40 bits per heavy atom. The third-order valence-corrected chi connectivity index (χ3v) is 8.02. The fourth-order valence-corrected chi connectivity index (χ4v) is 5.59. The Balaban J connectivity index is 1.71. The molecular weight excluding hydrogens is 536 g/mol. The van der Waals surface area contributed by atoms with Crippen LogP contribution in [0.5, 0.6) is 0 Å². The van der Waals surface area contributed by atoms with Crippen molar-refractivity contribution in [3.8, 4) is 0 Å². The molecule has 1 aromatic rings. The molecule has 9 heteroatoms. The first-order valence-corrected chi connectivity index (χ1v) is 14.5. The Morgan fingerprint density at radius 2 is 1.79 bits per heavy atom. The Bertz CT molecular complexity index is 1200. The smallest absolute Gasteiger partial charge is 0.410 e. The van der Waals surface area contributed by atoms with Crippen LogP contribution in [0.25, 0.3) is 0 Å². The maximum absolute atomic E-state index is 13.9. The second-order valence-corrected chi connectivity index (χ2v) is 13.1. The Kier molecular flexibility index (Phi) is 10.6. The summed E-state index contributed by atoms with van der Waals surface area (Å²) in [6.45, 7) is 18.2. The van der Waals surface area contributed by atoms with Gasteiger partial charge in [-0.1, -0.05) is 65.0 Å². The molecule has 3 rings (SSSR count). The number of carbonyl (C=O) groups is 4. The van der Waals surface area contributed by atoms with Crippen LogP contribution in [0.1, 0.15) is 70.6 Å². The molecule has 0 spiro atoms. The molecule has 2 amide bonds. The van der Waals surface area contributed by atoms with Gasteiger partial charge in [0.2, 0.25) is 5.91 Å². The lowest BCUT2D eigenvalue weighted by molar-refractivity contribution is -0.157. The van der Waals surface area contributed by atoms with E-state index in [4.69, 9.17) is 14.2 Å². The van der Waals surface area contributed by atoms with E-state index in [-0.39, 0.29) is 37.3 Å². The fourth-order valence-electron chi connectivity index (χ4n) is 5.59. The van der Waals surface area contributed by atoms with Gasteiger partial charge in [-0.2, -0.15) is 0 Å². The van der Waals surface area contributed by atoms with Gasteiger partial charge in [-0.3, -0.25) is 14.5 Å². The lowest BCUT2D eigenvalue weighted by Crippen LogP contribution is -2.47. The highest BCUT2D eigenvalue weighted by molar-refractivity contribution is 5.89. The third-order valence-electron chi connectivity index (χ3n) is 8.02. The van der Waals surface area contributed by atoms with Crippen molar-refractivity contribution in [2.24, 2.45) is 16.7 Å². The van der Waals surface area contributed by atoms with Crippen molar-refractivity contribution in [3.05, 3.63) is 60.2 Å². The number of likely N-dealkylation sites (tertiary alicyclic amines) is 1. The van der Waals surface area contributed by atoms with Gasteiger partial charge >= 0.3 is 18.0 Å². The van der Waals surface area contributed by atoms with E-state index in [1.54, 1.807) is 11.0 Å². The zero-order chi connectivity index (χ0) is 31.2. The van der Waals surface area contributed by atoms with Crippen LogP contribution in [0.15, 0.2) is 43.5 Å². The minimum absolute atomic E-state index is 0.0286. The highest BCUT2D eigenvalue weighted by atomic mass is 16.6. The second-order valence-electron chi connectivity index (χ2n) is 13.1. The van der Waals surface area contributed by atoms with Crippen molar-refractivity contribution in [3.63, 3.8) is 0 Å². The number of amides is 2. The number of nitrogens with zero attached hydrogens (tertiary/aromatic N) is 2. The lowest BCUT2D eigenvalue weighted by atomic mass is 9.77. The standard InChI is InChI=1S/C33H46N2O7/c1-9-12-22-13-11-14-23-18-34(20-25(22)23)31(39)42-24-16-27(30(38)40-8)35(19-24)29(37)26(32(3,4)5)17-28(36)41-21-33(6,7)15-10-2/h9-11,13-14,24,26-27H,1-2,12,15-21H2,3-8H3/t24-,26-,27+/m1/s1. The number of esters is 2. The number of carbonyl (C=O) groups excluding carboxylic acids is 4. The second kappa shape index (κ2) is 13.6. The van der Waals surface area contributed by atoms with Gasteiger partial charge in [0.25, 0.3) is 0 Å². The van der Waals surface area contributed by atoms with E-state index in [0.717, 1.165) is 16.7 Å². The summed E-state index contributed by atoms with van der Waals surface area (Å²) in [7, 11) is 1.26. The van der Waals surface area contributed by atoms with Crippen LogP contribution in [0.4, 0.5) is 4.79 Å². The number of rotatable bonds is 11. The molecule has 0 N–H and O–H groups in total. The minimum atomic E-state index is -0.928. The van der Waals surface area contributed by atoms with E-state index >= 15 is 0 Å². The summed E-state index contributed by atoms with van der Waals surface area (Å²) < 4.78 is 16.4. The van der Waals surface area contributed by atoms with Gasteiger partial charge in [-0.15, -0.1) is 13.2 Å². The molecule has 2 heterocycles. The molecule has 0 saturated carbocycles. The molecule has 42 heavy (non-hydrogen) atoms. The van der Waals surface area contributed by atoms with Crippen LogP contribution in [-0.4, -0.2) is 66.1 Å². The van der Waals surface area contributed by atoms with E-state index in [1.807, 2.05) is 58.9 Å². The first kappa shape index (κ1) is 32.9. The molecule has 1 fully saturated rings. The summed E-state index contributed by atoms with van der Waals surface area (Å²) in [6, 6.07) is 5.07. The van der Waals surface area contributed by atoms with Crippen molar-refractivity contribution in [1.29, 1.82) is 0 Å². The summed E-state index contributed by atoms with van der Waals surface area (Å²) in [5, 5.41) is 0. The molecule has 0 aromatic heterocycles. The summed E-state index contributed by atoms with van der Waals surface area (Å²) in [6.07, 6.45) is 3.77. The maximum Gasteiger partial charge on any atom is 0.410 e. The zero-order valence-electron chi connectivity index (χ0n) is 25.9. The van der Waals surface area contributed by atoms with Gasteiger partial charge in [0.05, 0.1) is 32.6 Å². The molecule has 3 atom stereocenters. The van der Waals surface area contributed by atoms with Gasteiger partial charge < -0.3 is 19.1 Å². The number of hydrogen-bond acceptors (Lipinski definition) is 7. The zero-order valence-corrected chi connectivity index (χ0v) is 25.9. The number of hydrogen-bond donors (Lipinski definition) is 0. The van der Waals surface area contributed by atoms with Gasteiger partial charge in [0.15, 0.2) is 0 Å². The molecule has 230 valence electrons. The highest BCUT2D eigenvalue weighted by Crippen LogP contribution is 2.35. The van der Waals surface area contributed by atoms with Gasteiger partial charge in [-0.05, 0) is 34.9 Å². The van der Waals surface area contributed by atoms with Crippen LogP contribution in [-0.2, 0) is 48.1 Å². The number of methoxy groups -OCH3 is 1. The van der Waals surface area contributed by atoms with Crippen molar-refractivity contribution in [2.75, 3.05) is 20.3 Å². The number of benzene rings is 1. The predicted octanol–water partition coefficient (Wildman–Crippen LogP) is 5.21. The molecule has 1 aromatic carbocycles. The molecule has 2 aliphatic heterocycles. The lowest BCUT2D eigenvalue weighted by Gasteiger charge is -2.34. The van der Waals surface area contributed by atoms with Gasteiger partial charge in [0.1, 0.15) is 12.1 Å². The SMILES string of the molecule is C=CCc1cccc2c1CN(C(=O)O[C@@H]1C[C@@H](C(=O)OC)N(C(=O)[C@@H](CC(=O)OCC(C)(C)CC=C)C(C)(C)C)C1)C2. The van der Waals surface area contributed by atoms with Crippen LogP contribution in [0.2, 0.25) is 0 Å². The first-order valence-electron chi connectivity index (χ1n) is 14.5. The van der Waals surface area contributed by atoms with Crippen molar-refractivity contribution in [2.45, 2.75) is 85.5 Å². The topological polar surface area (TPSA) is 102 Å². The van der Waals surface area contributed by atoms with Gasteiger partial charge in [-0.25, -0.2) is 9.59 Å². The Hall–Kier alpha value is -3.62. The summed E-state index contributed by atoms with van der Waals surface area (Å²) in [5.74, 6) is -2.21. The quantitative estimate of drug-likeness (QED) is 0.201. The van der Waals surface area contributed by atoms with Gasteiger partial charge in [0, 0.05) is 24.9 Å². The van der Waals surface area contributed by atoms with Crippen LogP contribution in [0.3, 0.4) is 0 Å². The third kappa shape index (κ3) is 8.01. The number of fused-ring (bicyclic) bond motifs is 1. The highest BCUT2D eigenvalue weighted by Gasteiger charge is 2.47. The molecule has 0 unspecified atom stereocenters. The maximum atomic E-state index is 13.9. The average molecular weight is 583 g/mol. The van der Waals surface area contributed by atoms with Crippen LogP contribution < -0.4 is 0 Å². The van der Waals surface area contributed by atoms with E-state index in [2.05, 4.69) is 13.2 Å². The van der Waals surface area contributed by atoms with Crippen LogP contribution >= 0.6 is 0 Å². The van der Waals surface area contributed by atoms with Crippen molar-refractivity contribution in [1.82, 2.24) is 9.80 Å². The molecule has 0 radical (unpaired) electrons. The number of ether oxygens (including phenoxy) is 3. The van der Waals surface area contributed by atoms with E-state index in [0.29, 0.717) is 25.9 Å². The minimum Gasteiger partial charge on any atom is -0.467 e. The predicted molar refractivity (Wildman–Crippen MR) is 159 cm³/mol. The summed E-state index contributed by atoms with van der Waals surface area (Å²) >= 11 is 0. The fraction of sp³-hybridized carbons (Fsp3) is 0.576. The van der Waals surface area contributed by atoms with Crippen molar-refractivity contribution >= 4 is 23.9 Å². The molecule has 0 aliphatic carbocycles. The largest absolute Gasteiger partial charge is 0.467 e. The van der Waals surface area contributed by atoms with E-state index in [9.17, 15) is 19.2 Å².